The summed E-state index contributed by atoms with van der Waals surface area (Å²) in [5, 5.41) is 0. The van der Waals surface area contributed by atoms with Crippen LogP contribution in [0.1, 0.15) is 6.92 Å². The zero-order chi connectivity index (χ0) is 4.99. The molecule has 0 aromatic heterocycles. The predicted molar refractivity (Wildman–Crippen MR) is 23.2 cm³/mol. The molecule has 0 saturated heterocycles. The fourth-order valence-electron chi connectivity index (χ4n) is 0.166. The van der Waals surface area contributed by atoms with Crippen LogP contribution in [0.4, 0.5) is 0 Å². The van der Waals surface area contributed by atoms with Gasteiger partial charge in [0, 0.05) is 0 Å². The predicted octanol–water partition coefficient (Wildman–Crippen LogP) is -0.475. The van der Waals surface area contributed by atoms with Crippen molar-refractivity contribution < 1.29 is 9.69 Å². The van der Waals surface area contributed by atoms with Crippen LogP contribution in [-0.4, -0.2) is 18.2 Å². The van der Waals surface area contributed by atoms with E-state index in [1.54, 1.807) is 0 Å². The Bertz CT molecular complexity index is 52.8. The van der Waals surface area contributed by atoms with Gasteiger partial charge in [-0.1, -0.05) is 0 Å². The Kier molecular flexibility index (Phi) is 2.20. The normalized spacial score (nSPS) is 7.50. The van der Waals surface area contributed by atoms with Crippen LogP contribution >= 0.6 is 0 Å². The first-order valence-electron chi connectivity index (χ1n) is 1.75. The molecule has 0 bridgehead atoms. The van der Waals surface area contributed by atoms with Crippen molar-refractivity contribution in [2.24, 2.45) is 5.84 Å². The van der Waals surface area contributed by atoms with Gasteiger partial charge in [-0.3, -0.25) is 0 Å². The van der Waals surface area contributed by atoms with Crippen molar-refractivity contribution in [2.75, 3.05) is 6.61 Å². The second-order valence-corrected chi connectivity index (χ2v) is 0.835. The van der Waals surface area contributed by atoms with Crippen LogP contribution in [-0.2, 0) is 4.84 Å². The number of hydrazone groups is 1. The molecule has 0 spiro atoms. The molecule has 0 radical (unpaired) electrons. The van der Waals surface area contributed by atoms with Crippen molar-refractivity contribution in [2.45, 2.75) is 6.92 Å². The summed E-state index contributed by atoms with van der Waals surface area (Å²) in [5.41, 5.74) is 0. The maximum absolute atomic E-state index is 4.90. The lowest BCUT2D eigenvalue weighted by Crippen LogP contribution is -2.17. The molecular formula is C3H9N2O+. The quantitative estimate of drug-likeness (QED) is 0.215. The van der Waals surface area contributed by atoms with E-state index >= 15 is 0 Å². The second-order valence-electron chi connectivity index (χ2n) is 0.835. The summed E-state index contributed by atoms with van der Waals surface area (Å²) in [6.45, 7) is 5.62. The summed E-state index contributed by atoms with van der Waals surface area (Å²) >= 11 is 0. The first-order valence-corrected chi connectivity index (χ1v) is 1.75. The van der Waals surface area contributed by atoms with Crippen LogP contribution < -0.4 is 5.84 Å². The first kappa shape index (κ1) is 5.27. The Labute approximate surface area is 37.0 Å². The fraction of sp³-hybridized carbons (Fsp3) is 0.667. The highest BCUT2D eigenvalue weighted by molar-refractivity contribution is 5.13. The van der Waals surface area contributed by atoms with E-state index in [9.17, 15) is 0 Å². The van der Waals surface area contributed by atoms with Gasteiger partial charge in [0.1, 0.15) is 0 Å². The first-order chi connectivity index (χ1) is 2.77. The van der Waals surface area contributed by atoms with Gasteiger partial charge < -0.3 is 0 Å². The smallest absolute Gasteiger partial charge is 0.216 e. The van der Waals surface area contributed by atoms with E-state index in [1.807, 2.05) is 6.92 Å². The number of nitrogens with two attached hydrogens (primary N) is 1. The van der Waals surface area contributed by atoms with Gasteiger partial charge >= 0.3 is 0 Å². The summed E-state index contributed by atoms with van der Waals surface area (Å²) in [4.78, 5) is 5.47. The highest BCUT2D eigenvalue weighted by Gasteiger charge is 1.80. The summed E-state index contributed by atoms with van der Waals surface area (Å²) < 4.78 is 0. The molecule has 0 aliphatic rings. The van der Waals surface area contributed by atoms with Gasteiger partial charge in [0.15, 0.2) is 6.61 Å². The monoisotopic (exact) mass is 89.1 g/mol. The lowest BCUT2D eigenvalue weighted by Gasteiger charge is -1.85. The molecule has 0 rings (SSSR count). The Hall–Kier alpha value is -0.730. The molecule has 0 aromatic rings. The summed E-state index contributed by atoms with van der Waals surface area (Å²) in [7, 11) is 0. The maximum Gasteiger partial charge on any atom is 0.216 e. The van der Waals surface area contributed by atoms with Crippen molar-refractivity contribution in [1.29, 1.82) is 0 Å². The molecule has 0 aliphatic carbocycles. The average Bonchev–Trinajstić information content (AvgIpc) is 1.35. The molecule has 2 N–H and O–H groups in total. The Morgan fingerprint density at radius 2 is 2.50 bits per heavy atom. The van der Waals surface area contributed by atoms with E-state index in [4.69, 9.17) is 5.84 Å². The number of hydrogen-bond acceptors (Lipinski definition) is 2. The second kappa shape index (κ2) is 2.50. The van der Waals surface area contributed by atoms with E-state index < -0.39 is 0 Å². The highest BCUT2D eigenvalue weighted by Crippen LogP contribution is 1.60. The van der Waals surface area contributed by atoms with Gasteiger partial charge in [-0.2, -0.15) is 5.84 Å². The standard InChI is InChI=1S/C3H9N2O/c1-3-6-5(2)4/h2-4H2,1H3/q+1. The largest absolute Gasteiger partial charge is 0.249 e. The van der Waals surface area contributed by atoms with Crippen LogP contribution in [0.5, 0.6) is 0 Å². The van der Waals surface area contributed by atoms with Crippen LogP contribution in [0, 0.1) is 0 Å². The van der Waals surface area contributed by atoms with Gasteiger partial charge in [0.05, 0.1) is 4.85 Å². The maximum atomic E-state index is 4.90. The average molecular weight is 89.1 g/mol. The van der Waals surface area contributed by atoms with Gasteiger partial charge in [0.2, 0.25) is 6.72 Å². The molecule has 3 heteroatoms. The fourth-order valence-corrected chi connectivity index (χ4v) is 0.166. The SMILES string of the molecule is C=[N+](N)OCC. The Morgan fingerprint density at radius 1 is 2.00 bits per heavy atom. The Morgan fingerprint density at radius 3 is 2.50 bits per heavy atom. The molecule has 0 fully saturated rings. The third kappa shape index (κ3) is 3.27. The lowest BCUT2D eigenvalue weighted by molar-refractivity contribution is -0.791. The van der Waals surface area contributed by atoms with Gasteiger partial charge in [-0.25, -0.2) is 4.84 Å². The molecule has 0 aliphatic heterocycles. The molecule has 0 aromatic carbocycles. The minimum Gasteiger partial charge on any atom is -0.249 e. The zero-order valence-corrected chi connectivity index (χ0v) is 3.85. The molecular weight excluding hydrogens is 80.0 g/mol. The van der Waals surface area contributed by atoms with E-state index in [-0.39, 0.29) is 0 Å². The van der Waals surface area contributed by atoms with Crippen LogP contribution in [0.3, 0.4) is 0 Å². The van der Waals surface area contributed by atoms with Crippen molar-refractivity contribution in [3.63, 3.8) is 0 Å². The molecule has 36 valence electrons. The molecule has 6 heavy (non-hydrogen) atoms. The lowest BCUT2D eigenvalue weighted by atomic mass is 10.9. The topological polar surface area (TPSA) is 38.3 Å². The van der Waals surface area contributed by atoms with E-state index in [2.05, 4.69) is 11.6 Å². The van der Waals surface area contributed by atoms with Crippen molar-refractivity contribution in [1.82, 2.24) is 0 Å². The van der Waals surface area contributed by atoms with Gasteiger partial charge in [-0.05, 0) is 6.92 Å². The van der Waals surface area contributed by atoms with E-state index in [0.717, 1.165) is 4.85 Å². The Balaban J connectivity index is 2.83. The number of hydrogen-bond donors (Lipinski definition) is 1. The minimum absolute atomic E-state index is 0.569. The van der Waals surface area contributed by atoms with Crippen molar-refractivity contribution >= 4 is 6.72 Å². The van der Waals surface area contributed by atoms with E-state index in [0.29, 0.717) is 6.61 Å². The van der Waals surface area contributed by atoms with Crippen LogP contribution in [0.25, 0.3) is 0 Å². The third-order valence-corrected chi connectivity index (χ3v) is 0.295. The summed E-state index contributed by atoms with van der Waals surface area (Å²) in [6, 6.07) is 0. The minimum atomic E-state index is 0.569. The van der Waals surface area contributed by atoms with Gasteiger partial charge in [0.25, 0.3) is 0 Å². The zero-order valence-electron chi connectivity index (χ0n) is 3.85. The molecule has 0 unspecified atom stereocenters. The molecule has 0 amide bonds. The molecule has 0 heterocycles. The number of rotatable bonds is 2. The molecule has 0 atom stereocenters. The van der Waals surface area contributed by atoms with Gasteiger partial charge in [-0.15, -0.1) is 0 Å². The van der Waals surface area contributed by atoms with Crippen molar-refractivity contribution in [3.8, 4) is 0 Å². The van der Waals surface area contributed by atoms with Crippen LogP contribution in [0.15, 0.2) is 0 Å². The number of nitrogens with zero attached hydrogens (tertiary/aromatic N) is 1. The molecule has 0 saturated carbocycles. The van der Waals surface area contributed by atoms with Crippen LogP contribution in [0.2, 0.25) is 0 Å². The summed E-state index contributed by atoms with van der Waals surface area (Å²) in [6.07, 6.45) is 0. The third-order valence-electron chi connectivity index (χ3n) is 0.295. The van der Waals surface area contributed by atoms with E-state index in [1.165, 1.54) is 0 Å². The highest BCUT2D eigenvalue weighted by atomic mass is 16.7. The summed E-state index contributed by atoms with van der Waals surface area (Å²) in [5.74, 6) is 4.90. The molecule has 3 nitrogen and oxygen atoms in total. The van der Waals surface area contributed by atoms with Crippen molar-refractivity contribution in [3.05, 3.63) is 0 Å². The number of hydrazine groups is 1.